The number of rotatable bonds is 2. The molecule has 3 nitrogen and oxygen atoms in total. The summed E-state index contributed by atoms with van der Waals surface area (Å²) >= 11 is 0. The van der Waals surface area contributed by atoms with E-state index in [1.54, 1.807) is 0 Å². The highest BCUT2D eigenvalue weighted by Crippen LogP contribution is 1.98. The topological polar surface area (TPSA) is 18.5 Å². The second kappa shape index (κ2) is 2.85. The predicted octanol–water partition coefficient (Wildman–Crippen LogP) is 0.00119. The second-order valence-electron chi connectivity index (χ2n) is 1.98. The molecule has 0 aliphatic carbocycles. The van der Waals surface area contributed by atoms with Crippen molar-refractivity contribution in [3.05, 3.63) is 19.2 Å². The standard InChI is InChI=1S/C6H12N3/c1-3-7-9-6-4-5-8(9)2/h4,6-7H,1,3,5H2,2H3. The van der Waals surface area contributed by atoms with E-state index in [9.17, 15) is 0 Å². The molecule has 0 aromatic rings. The largest absolute Gasteiger partial charge is 0.247 e. The average molecular weight is 126 g/mol. The van der Waals surface area contributed by atoms with Gasteiger partial charge in [0.1, 0.15) is 0 Å². The van der Waals surface area contributed by atoms with Crippen LogP contribution < -0.4 is 5.43 Å². The van der Waals surface area contributed by atoms with Crippen LogP contribution in [0, 0.1) is 6.92 Å². The maximum atomic E-state index is 3.67. The summed E-state index contributed by atoms with van der Waals surface area (Å²) in [5.74, 6) is 0. The van der Waals surface area contributed by atoms with Gasteiger partial charge in [-0.2, -0.15) is 0 Å². The van der Waals surface area contributed by atoms with Crippen LogP contribution >= 0.6 is 0 Å². The molecule has 0 bridgehead atoms. The Balaban J connectivity index is 2.31. The fourth-order valence-corrected chi connectivity index (χ4v) is 0.789. The Morgan fingerprint density at radius 1 is 1.78 bits per heavy atom. The van der Waals surface area contributed by atoms with E-state index in [-0.39, 0.29) is 0 Å². The number of nitrogens with one attached hydrogen (secondary N) is 1. The number of likely N-dealkylation sites (N-methyl/N-ethyl adjacent to an activating group) is 1. The minimum absolute atomic E-state index is 0.717. The van der Waals surface area contributed by atoms with Gasteiger partial charge in [0, 0.05) is 26.3 Å². The van der Waals surface area contributed by atoms with Crippen molar-refractivity contribution in [3.8, 4) is 0 Å². The Labute approximate surface area is 55.9 Å². The van der Waals surface area contributed by atoms with Crippen LogP contribution in [0.2, 0.25) is 0 Å². The third-order valence-electron chi connectivity index (χ3n) is 1.26. The van der Waals surface area contributed by atoms with Crippen LogP contribution in [-0.2, 0) is 0 Å². The summed E-state index contributed by atoms with van der Waals surface area (Å²) in [6, 6.07) is 0. The summed E-state index contributed by atoms with van der Waals surface area (Å²) in [6.45, 7) is 5.37. The van der Waals surface area contributed by atoms with Gasteiger partial charge in [-0.05, 0) is 13.0 Å². The monoisotopic (exact) mass is 126 g/mol. The van der Waals surface area contributed by atoms with Gasteiger partial charge in [-0.15, -0.1) is 0 Å². The van der Waals surface area contributed by atoms with Crippen molar-refractivity contribution in [2.24, 2.45) is 0 Å². The molecule has 0 saturated carbocycles. The zero-order valence-corrected chi connectivity index (χ0v) is 5.67. The Morgan fingerprint density at radius 2 is 2.56 bits per heavy atom. The van der Waals surface area contributed by atoms with Gasteiger partial charge in [-0.1, -0.05) is 0 Å². The number of hydrogen-bond acceptors (Lipinski definition) is 3. The molecular formula is C6H12N3. The Kier molecular flexibility index (Phi) is 2.08. The van der Waals surface area contributed by atoms with Crippen molar-refractivity contribution in [3.63, 3.8) is 0 Å². The molecule has 9 heavy (non-hydrogen) atoms. The van der Waals surface area contributed by atoms with Crippen molar-refractivity contribution in [2.45, 2.75) is 0 Å². The quantitative estimate of drug-likeness (QED) is 0.562. The van der Waals surface area contributed by atoms with E-state index in [0.717, 1.165) is 6.54 Å². The third-order valence-corrected chi connectivity index (χ3v) is 1.26. The summed E-state index contributed by atoms with van der Waals surface area (Å²) in [5, 5.41) is 3.98. The van der Waals surface area contributed by atoms with E-state index in [4.69, 9.17) is 0 Å². The second-order valence-corrected chi connectivity index (χ2v) is 1.98. The normalized spacial score (nSPS) is 19.6. The van der Waals surface area contributed by atoms with Gasteiger partial charge >= 0.3 is 0 Å². The van der Waals surface area contributed by atoms with Crippen LogP contribution in [-0.4, -0.2) is 30.3 Å². The highest BCUT2D eigenvalue weighted by atomic mass is 15.8. The highest BCUT2D eigenvalue weighted by molar-refractivity contribution is 4.88. The molecule has 1 rings (SSSR count). The first kappa shape index (κ1) is 6.58. The molecule has 0 amide bonds. The SMILES string of the molecule is [CH2]CNN1C=CCN1C. The molecule has 0 fully saturated rings. The van der Waals surface area contributed by atoms with Crippen LogP contribution in [0.15, 0.2) is 12.3 Å². The lowest BCUT2D eigenvalue weighted by molar-refractivity contribution is 0.0332. The fourth-order valence-electron chi connectivity index (χ4n) is 0.789. The van der Waals surface area contributed by atoms with Crippen molar-refractivity contribution >= 4 is 0 Å². The van der Waals surface area contributed by atoms with Gasteiger partial charge in [0.2, 0.25) is 0 Å². The first-order valence-corrected chi connectivity index (χ1v) is 3.04. The predicted molar refractivity (Wildman–Crippen MR) is 37.0 cm³/mol. The molecule has 1 N–H and O–H groups in total. The summed E-state index contributed by atoms with van der Waals surface area (Å²) < 4.78 is 0. The summed E-state index contributed by atoms with van der Waals surface area (Å²) in [7, 11) is 2.02. The van der Waals surface area contributed by atoms with E-state index in [1.165, 1.54) is 0 Å². The van der Waals surface area contributed by atoms with Gasteiger partial charge in [-0.25, -0.2) is 15.6 Å². The lowest BCUT2D eigenvalue weighted by atomic mass is 10.6. The van der Waals surface area contributed by atoms with Gasteiger partial charge in [0.05, 0.1) is 0 Å². The van der Waals surface area contributed by atoms with Crippen LogP contribution in [0.25, 0.3) is 0 Å². The van der Waals surface area contributed by atoms with Gasteiger partial charge < -0.3 is 0 Å². The first-order chi connectivity index (χ1) is 4.34. The summed E-state index contributed by atoms with van der Waals surface area (Å²) in [5.41, 5.74) is 3.06. The van der Waals surface area contributed by atoms with E-state index in [2.05, 4.69) is 23.4 Å². The van der Waals surface area contributed by atoms with E-state index in [0.29, 0.717) is 6.54 Å². The van der Waals surface area contributed by atoms with E-state index < -0.39 is 0 Å². The van der Waals surface area contributed by atoms with Gasteiger partial charge in [-0.3, -0.25) is 0 Å². The Hall–Kier alpha value is -0.540. The van der Waals surface area contributed by atoms with Gasteiger partial charge in [0.25, 0.3) is 0 Å². The molecule has 1 aliphatic heterocycles. The van der Waals surface area contributed by atoms with E-state index >= 15 is 0 Å². The molecule has 0 aromatic carbocycles. The molecular weight excluding hydrogens is 114 g/mol. The minimum Gasteiger partial charge on any atom is -0.247 e. The van der Waals surface area contributed by atoms with E-state index in [1.807, 2.05) is 18.4 Å². The first-order valence-electron chi connectivity index (χ1n) is 3.04. The molecule has 0 aromatic heterocycles. The van der Waals surface area contributed by atoms with Crippen molar-refractivity contribution in [1.29, 1.82) is 0 Å². The van der Waals surface area contributed by atoms with Crippen LogP contribution in [0.1, 0.15) is 0 Å². The zero-order chi connectivity index (χ0) is 6.69. The highest BCUT2D eigenvalue weighted by Gasteiger charge is 2.07. The number of hydrazine groups is 2. The molecule has 0 unspecified atom stereocenters. The third kappa shape index (κ3) is 1.43. The van der Waals surface area contributed by atoms with Crippen LogP contribution in [0.5, 0.6) is 0 Å². The number of nitrogens with zero attached hydrogens (tertiary/aromatic N) is 2. The number of hydrogen-bond donors (Lipinski definition) is 1. The Bertz CT molecular complexity index is 111. The van der Waals surface area contributed by atoms with Crippen LogP contribution in [0.4, 0.5) is 0 Å². The smallest absolute Gasteiger partial charge is 0.0391 e. The van der Waals surface area contributed by atoms with Gasteiger partial charge in [0.15, 0.2) is 0 Å². The lowest BCUT2D eigenvalue weighted by Gasteiger charge is -2.24. The molecule has 1 radical (unpaired) electrons. The fraction of sp³-hybridized carbons (Fsp3) is 0.500. The average Bonchev–Trinajstić information content (AvgIpc) is 2.18. The van der Waals surface area contributed by atoms with Crippen molar-refractivity contribution in [1.82, 2.24) is 15.6 Å². The minimum atomic E-state index is 0.717. The maximum absolute atomic E-state index is 3.67. The van der Waals surface area contributed by atoms with Crippen LogP contribution in [0.3, 0.4) is 0 Å². The molecule has 1 heterocycles. The summed E-state index contributed by atoms with van der Waals surface area (Å²) in [6.07, 6.45) is 4.08. The lowest BCUT2D eigenvalue weighted by Crippen LogP contribution is -2.42. The van der Waals surface area contributed by atoms with Crippen molar-refractivity contribution < 1.29 is 0 Å². The maximum Gasteiger partial charge on any atom is 0.0391 e. The molecule has 51 valence electrons. The zero-order valence-electron chi connectivity index (χ0n) is 5.67. The molecule has 0 spiro atoms. The van der Waals surface area contributed by atoms with Crippen molar-refractivity contribution in [2.75, 3.05) is 20.1 Å². The molecule has 3 heteroatoms. The summed E-state index contributed by atoms with van der Waals surface area (Å²) in [4.78, 5) is 0. The molecule has 0 saturated heterocycles. The molecule has 1 aliphatic rings. The Morgan fingerprint density at radius 3 is 3.00 bits per heavy atom. The molecule has 0 atom stereocenters.